The summed E-state index contributed by atoms with van der Waals surface area (Å²) in [4.78, 5) is 17.1. The largest absolute Gasteiger partial charge is 0.372 e. The van der Waals surface area contributed by atoms with Gasteiger partial charge in [0.05, 0.1) is 24.6 Å². The lowest BCUT2D eigenvalue weighted by molar-refractivity contribution is -0.111. The molecular weight excluding hydrogens is 313 g/mol. The summed E-state index contributed by atoms with van der Waals surface area (Å²) in [7, 11) is 3.04. The predicted molar refractivity (Wildman–Crippen MR) is 87.4 cm³/mol. The van der Waals surface area contributed by atoms with Gasteiger partial charge in [-0.05, 0) is 30.5 Å². The van der Waals surface area contributed by atoms with Crippen molar-refractivity contribution in [2.45, 2.75) is 31.7 Å². The summed E-state index contributed by atoms with van der Waals surface area (Å²) in [5.74, 6) is -0.274. The maximum atomic E-state index is 13.1. The number of aryl methyl sites for hydroxylation is 1. The third kappa shape index (κ3) is 3.32. The molecule has 0 aliphatic carbocycles. The monoisotopic (exact) mass is 333 g/mol. The van der Waals surface area contributed by atoms with Gasteiger partial charge >= 0.3 is 0 Å². The van der Waals surface area contributed by atoms with Gasteiger partial charge in [0, 0.05) is 14.2 Å². The van der Waals surface area contributed by atoms with Gasteiger partial charge < -0.3 is 14.8 Å². The van der Waals surface area contributed by atoms with Crippen LogP contribution in [0.25, 0.3) is 0 Å². The van der Waals surface area contributed by atoms with E-state index in [0.29, 0.717) is 12.1 Å². The van der Waals surface area contributed by atoms with Crippen LogP contribution in [0.3, 0.4) is 0 Å². The highest BCUT2D eigenvalue weighted by Crippen LogP contribution is 2.29. The van der Waals surface area contributed by atoms with Crippen molar-refractivity contribution in [2.75, 3.05) is 19.5 Å². The van der Waals surface area contributed by atoms with Crippen molar-refractivity contribution in [3.05, 3.63) is 58.0 Å². The van der Waals surface area contributed by atoms with E-state index in [4.69, 9.17) is 9.47 Å². The molecule has 2 heterocycles. The summed E-state index contributed by atoms with van der Waals surface area (Å²) in [6.07, 6.45) is 2.50. The Hall–Kier alpha value is -2.25. The second kappa shape index (κ2) is 7.11. The Kier molecular flexibility index (Phi) is 4.92. The number of nitrogens with zero attached hydrogens (tertiary/aromatic N) is 2. The fraction of sp³-hybridized carbons (Fsp3) is 0.412. The second-order valence-corrected chi connectivity index (χ2v) is 5.71. The summed E-state index contributed by atoms with van der Waals surface area (Å²) in [6.45, 7) is 0.259. The highest BCUT2D eigenvalue weighted by molar-refractivity contribution is 5.50. The number of hydrogen-bond donors (Lipinski definition) is 1. The van der Waals surface area contributed by atoms with Crippen LogP contribution >= 0.6 is 0 Å². The fourth-order valence-electron chi connectivity index (χ4n) is 2.87. The SMILES string of the molecule is COC(Cn1cnc2c(c1=O)N[C@H](c1ccc(F)cc1)CC2)OC. The summed E-state index contributed by atoms with van der Waals surface area (Å²) >= 11 is 0. The number of rotatable bonds is 5. The fourth-order valence-corrected chi connectivity index (χ4v) is 2.87. The number of fused-ring (bicyclic) bond motifs is 1. The second-order valence-electron chi connectivity index (χ2n) is 5.71. The Bertz CT molecular complexity index is 757. The molecule has 0 spiro atoms. The van der Waals surface area contributed by atoms with Gasteiger partial charge in [-0.2, -0.15) is 0 Å². The molecule has 128 valence electrons. The van der Waals surface area contributed by atoms with Crippen LogP contribution in [0.4, 0.5) is 10.1 Å². The minimum Gasteiger partial charge on any atom is -0.372 e. The molecule has 0 amide bonds. The lowest BCUT2D eigenvalue weighted by Crippen LogP contribution is -2.34. The smallest absolute Gasteiger partial charge is 0.277 e. The first-order valence-corrected chi connectivity index (χ1v) is 7.78. The Morgan fingerprint density at radius 1 is 1.33 bits per heavy atom. The predicted octanol–water partition coefficient (Wildman–Crippen LogP) is 2.10. The van der Waals surface area contributed by atoms with E-state index in [1.165, 1.54) is 37.2 Å². The Labute approximate surface area is 139 Å². The van der Waals surface area contributed by atoms with Crippen molar-refractivity contribution < 1.29 is 13.9 Å². The number of nitrogens with one attached hydrogen (secondary N) is 1. The number of aromatic nitrogens is 2. The van der Waals surface area contributed by atoms with Gasteiger partial charge in [-0.1, -0.05) is 12.1 Å². The molecule has 0 saturated carbocycles. The highest BCUT2D eigenvalue weighted by atomic mass is 19.1. The van der Waals surface area contributed by atoms with Crippen molar-refractivity contribution in [1.29, 1.82) is 0 Å². The van der Waals surface area contributed by atoms with Gasteiger partial charge in [-0.25, -0.2) is 9.37 Å². The first-order valence-electron chi connectivity index (χ1n) is 7.78. The molecule has 1 aromatic carbocycles. The van der Waals surface area contributed by atoms with Crippen molar-refractivity contribution in [1.82, 2.24) is 9.55 Å². The number of halogens is 1. The first kappa shape index (κ1) is 16.6. The Morgan fingerprint density at radius 3 is 2.71 bits per heavy atom. The first-order chi connectivity index (χ1) is 11.6. The average Bonchev–Trinajstić information content (AvgIpc) is 2.62. The minimum atomic E-state index is -0.515. The number of ether oxygens (including phenoxy) is 2. The molecule has 0 bridgehead atoms. The van der Waals surface area contributed by atoms with Crippen LogP contribution in [0.5, 0.6) is 0 Å². The molecular formula is C17H20FN3O3. The maximum Gasteiger partial charge on any atom is 0.277 e. The summed E-state index contributed by atoms with van der Waals surface area (Å²) in [6, 6.07) is 6.28. The number of methoxy groups -OCH3 is 2. The van der Waals surface area contributed by atoms with E-state index >= 15 is 0 Å². The Balaban J connectivity index is 1.86. The van der Waals surface area contributed by atoms with Gasteiger partial charge in [0.1, 0.15) is 11.5 Å². The van der Waals surface area contributed by atoms with Gasteiger partial charge in [-0.3, -0.25) is 9.36 Å². The van der Waals surface area contributed by atoms with E-state index in [-0.39, 0.29) is 24.0 Å². The Morgan fingerprint density at radius 2 is 2.04 bits per heavy atom. The average molecular weight is 333 g/mol. The standard InChI is InChI=1S/C17H20FN3O3/c1-23-15(24-2)9-21-10-19-14-8-7-13(20-16(14)17(21)22)11-3-5-12(18)6-4-11/h3-6,10,13,15,20H,7-9H2,1-2H3/t13-/m0/s1. The molecule has 0 fully saturated rings. The van der Waals surface area contributed by atoms with Crippen molar-refractivity contribution in [3.63, 3.8) is 0 Å². The molecule has 1 aliphatic heterocycles. The van der Waals surface area contributed by atoms with E-state index in [9.17, 15) is 9.18 Å². The van der Waals surface area contributed by atoms with E-state index in [2.05, 4.69) is 10.3 Å². The maximum absolute atomic E-state index is 13.1. The van der Waals surface area contributed by atoms with Crippen LogP contribution in [-0.2, 0) is 22.4 Å². The van der Waals surface area contributed by atoms with Gasteiger partial charge in [0.2, 0.25) is 0 Å². The molecule has 7 heteroatoms. The van der Waals surface area contributed by atoms with Crippen LogP contribution in [0.2, 0.25) is 0 Å². The summed E-state index contributed by atoms with van der Waals surface area (Å²) in [5.41, 5.74) is 2.03. The van der Waals surface area contributed by atoms with Crippen LogP contribution in [0.15, 0.2) is 35.4 Å². The third-order valence-electron chi connectivity index (χ3n) is 4.25. The molecule has 6 nitrogen and oxygen atoms in total. The normalized spacial score (nSPS) is 16.8. The zero-order valence-corrected chi connectivity index (χ0v) is 13.7. The summed E-state index contributed by atoms with van der Waals surface area (Å²) < 4.78 is 24.8. The third-order valence-corrected chi connectivity index (χ3v) is 4.25. The number of benzene rings is 1. The molecule has 1 aliphatic rings. The van der Waals surface area contributed by atoms with E-state index in [1.54, 1.807) is 12.1 Å². The summed E-state index contributed by atoms with van der Waals surface area (Å²) in [5, 5.41) is 3.25. The molecule has 24 heavy (non-hydrogen) atoms. The van der Waals surface area contributed by atoms with Crippen molar-refractivity contribution in [3.8, 4) is 0 Å². The molecule has 3 rings (SSSR count). The van der Waals surface area contributed by atoms with E-state index in [0.717, 1.165) is 17.7 Å². The van der Waals surface area contributed by atoms with Crippen LogP contribution in [0.1, 0.15) is 23.7 Å². The number of anilines is 1. The van der Waals surface area contributed by atoms with Gasteiger partial charge in [0.15, 0.2) is 6.29 Å². The van der Waals surface area contributed by atoms with Crippen LogP contribution < -0.4 is 10.9 Å². The molecule has 1 aromatic heterocycles. The lowest BCUT2D eigenvalue weighted by Gasteiger charge is -2.27. The minimum absolute atomic E-state index is 0.0379. The molecule has 0 saturated heterocycles. The van der Waals surface area contributed by atoms with Crippen molar-refractivity contribution in [2.24, 2.45) is 0 Å². The molecule has 2 aromatic rings. The van der Waals surface area contributed by atoms with Crippen LogP contribution in [-0.4, -0.2) is 30.1 Å². The zero-order chi connectivity index (χ0) is 17.1. The van der Waals surface area contributed by atoms with E-state index in [1.807, 2.05) is 0 Å². The molecule has 1 N–H and O–H groups in total. The van der Waals surface area contributed by atoms with Crippen LogP contribution in [0, 0.1) is 5.82 Å². The highest BCUT2D eigenvalue weighted by Gasteiger charge is 2.24. The number of hydrogen-bond acceptors (Lipinski definition) is 5. The quantitative estimate of drug-likeness (QED) is 0.849. The topological polar surface area (TPSA) is 65.4 Å². The molecule has 0 unspecified atom stereocenters. The lowest BCUT2D eigenvalue weighted by atomic mass is 9.96. The van der Waals surface area contributed by atoms with Gasteiger partial charge in [0.25, 0.3) is 5.56 Å². The van der Waals surface area contributed by atoms with Crippen molar-refractivity contribution >= 4 is 5.69 Å². The van der Waals surface area contributed by atoms with Gasteiger partial charge in [-0.15, -0.1) is 0 Å². The van der Waals surface area contributed by atoms with E-state index < -0.39 is 6.29 Å². The molecule has 1 atom stereocenters. The zero-order valence-electron chi connectivity index (χ0n) is 13.7. The molecule has 0 radical (unpaired) electrons.